The summed E-state index contributed by atoms with van der Waals surface area (Å²) in [6.45, 7) is 0.811. The van der Waals surface area contributed by atoms with Gasteiger partial charge >= 0.3 is 0 Å². The fraction of sp³-hybridized carbons (Fsp3) is 0.625. The van der Waals surface area contributed by atoms with E-state index in [0.717, 1.165) is 67.7 Å². The molecule has 5 aliphatic rings. The standard InChI is InChI=1S/C24H29N3O3/c1-29-19-6-4-18(5-7-19)21-25-22(30-26-21)20-3-2-8-27(20)23(28)24-12-15-9-16(13-24)11-17(10-15)14-24/h4-7,15-17,20H,2-3,8-14H2,1H3/t15?,16?,17?,20-,24?/m1/s1. The average molecular weight is 408 g/mol. The van der Waals surface area contributed by atoms with E-state index < -0.39 is 0 Å². The van der Waals surface area contributed by atoms with E-state index >= 15 is 0 Å². The Morgan fingerprint density at radius 2 is 1.77 bits per heavy atom. The Bertz CT molecular complexity index is 916. The molecule has 0 unspecified atom stereocenters. The second-order valence-corrected chi connectivity index (χ2v) is 10.0. The summed E-state index contributed by atoms with van der Waals surface area (Å²) in [5.41, 5.74) is 0.777. The van der Waals surface area contributed by atoms with Crippen LogP contribution >= 0.6 is 0 Å². The van der Waals surface area contributed by atoms with E-state index in [1.165, 1.54) is 19.3 Å². The lowest BCUT2D eigenvalue weighted by Gasteiger charge is -2.56. The summed E-state index contributed by atoms with van der Waals surface area (Å²) in [6, 6.07) is 7.57. The van der Waals surface area contributed by atoms with E-state index in [1.807, 2.05) is 24.3 Å². The Hall–Kier alpha value is -2.37. The van der Waals surface area contributed by atoms with Crippen molar-refractivity contribution < 1.29 is 14.1 Å². The Labute approximate surface area is 177 Å². The lowest BCUT2D eigenvalue weighted by Crippen LogP contribution is -2.54. The molecule has 4 aliphatic carbocycles. The number of carbonyl (C=O) groups is 1. The molecular formula is C24H29N3O3. The number of likely N-dealkylation sites (tertiary alicyclic amines) is 1. The summed E-state index contributed by atoms with van der Waals surface area (Å²) >= 11 is 0. The largest absolute Gasteiger partial charge is 0.497 e. The maximum atomic E-state index is 13.9. The molecule has 1 aromatic carbocycles. The first-order valence-corrected chi connectivity index (χ1v) is 11.4. The molecule has 6 nitrogen and oxygen atoms in total. The van der Waals surface area contributed by atoms with E-state index in [-0.39, 0.29) is 11.5 Å². The van der Waals surface area contributed by atoms with Gasteiger partial charge in [-0.1, -0.05) is 5.16 Å². The third-order valence-corrected chi connectivity index (χ3v) is 8.08. The minimum atomic E-state index is -0.115. The highest BCUT2D eigenvalue weighted by Crippen LogP contribution is 2.61. The topological polar surface area (TPSA) is 68.5 Å². The molecule has 7 rings (SSSR count). The van der Waals surface area contributed by atoms with Gasteiger partial charge in [-0.3, -0.25) is 4.79 Å². The van der Waals surface area contributed by atoms with E-state index in [2.05, 4.69) is 15.0 Å². The van der Waals surface area contributed by atoms with Crippen molar-refractivity contribution in [2.24, 2.45) is 23.2 Å². The molecule has 2 heterocycles. The van der Waals surface area contributed by atoms with Gasteiger partial charge in [0.1, 0.15) is 11.8 Å². The summed E-state index contributed by atoms with van der Waals surface area (Å²) in [7, 11) is 1.65. The number of aromatic nitrogens is 2. The van der Waals surface area contributed by atoms with Crippen LogP contribution in [0.25, 0.3) is 11.4 Å². The van der Waals surface area contributed by atoms with Crippen molar-refractivity contribution in [3.8, 4) is 17.1 Å². The van der Waals surface area contributed by atoms with Crippen LogP contribution in [0.3, 0.4) is 0 Å². The van der Waals surface area contributed by atoms with E-state index in [9.17, 15) is 4.79 Å². The summed E-state index contributed by atoms with van der Waals surface area (Å²) in [6.07, 6.45) is 9.26. The van der Waals surface area contributed by atoms with Crippen LogP contribution in [0, 0.1) is 23.2 Å². The lowest BCUT2D eigenvalue weighted by molar-refractivity contribution is -0.159. The van der Waals surface area contributed by atoms with Gasteiger partial charge in [-0.15, -0.1) is 0 Å². The quantitative estimate of drug-likeness (QED) is 0.739. The van der Waals surface area contributed by atoms with Crippen LogP contribution in [0.4, 0.5) is 0 Å². The predicted molar refractivity (Wildman–Crippen MR) is 111 cm³/mol. The Balaban J connectivity index is 1.24. The summed E-state index contributed by atoms with van der Waals surface area (Å²) in [4.78, 5) is 20.6. The number of rotatable bonds is 4. The average Bonchev–Trinajstić information content (AvgIpc) is 3.42. The highest BCUT2D eigenvalue weighted by atomic mass is 16.5. The third kappa shape index (κ3) is 2.87. The molecule has 2 aromatic rings. The van der Waals surface area contributed by atoms with Crippen LogP contribution < -0.4 is 4.74 Å². The van der Waals surface area contributed by atoms with E-state index in [0.29, 0.717) is 17.6 Å². The van der Waals surface area contributed by atoms with Crippen molar-refractivity contribution >= 4 is 5.91 Å². The SMILES string of the molecule is COc1ccc(-c2noc([C@H]3CCCN3C(=O)C34CC5CC(CC(C5)C3)C4)n2)cc1. The van der Waals surface area contributed by atoms with Gasteiger partial charge < -0.3 is 14.2 Å². The summed E-state index contributed by atoms with van der Waals surface area (Å²) < 4.78 is 10.9. The second-order valence-electron chi connectivity index (χ2n) is 10.0. The third-order valence-electron chi connectivity index (χ3n) is 8.08. The smallest absolute Gasteiger partial charge is 0.249 e. The van der Waals surface area contributed by atoms with Gasteiger partial charge in [-0.05, 0) is 93.4 Å². The van der Waals surface area contributed by atoms with Crippen molar-refractivity contribution in [1.29, 1.82) is 0 Å². The molecule has 4 bridgehead atoms. The Kier molecular flexibility index (Phi) is 4.19. The zero-order valence-corrected chi connectivity index (χ0v) is 17.5. The maximum Gasteiger partial charge on any atom is 0.249 e. The normalized spacial score (nSPS) is 34.5. The molecule has 1 aliphatic heterocycles. The molecule has 0 radical (unpaired) electrons. The molecule has 6 heteroatoms. The zero-order valence-electron chi connectivity index (χ0n) is 17.5. The van der Waals surface area contributed by atoms with Crippen LogP contribution in [-0.2, 0) is 4.79 Å². The van der Waals surface area contributed by atoms with Gasteiger partial charge in [-0.2, -0.15) is 4.98 Å². The van der Waals surface area contributed by atoms with Gasteiger partial charge in [0.15, 0.2) is 0 Å². The first-order valence-electron chi connectivity index (χ1n) is 11.4. The van der Waals surface area contributed by atoms with Gasteiger partial charge in [-0.25, -0.2) is 0 Å². The first kappa shape index (κ1) is 18.4. The maximum absolute atomic E-state index is 13.9. The minimum Gasteiger partial charge on any atom is -0.497 e. The number of carbonyl (C=O) groups excluding carboxylic acids is 1. The van der Waals surface area contributed by atoms with Crippen molar-refractivity contribution in [1.82, 2.24) is 15.0 Å². The Morgan fingerprint density at radius 1 is 1.10 bits per heavy atom. The molecule has 4 saturated carbocycles. The zero-order chi connectivity index (χ0) is 20.3. The molecule has 158 valence electrons. The Morgan fingerprint density at radius 3 is 2.40 bits per heavy atom. The van der Waals surface area contributed by atoms with Gasteiger partial charge in [0.25, 0.3) is 0 Å². The van der Waals surface area contributed by atoms with E-state index in [1.54, 1.807) is 7.11 Å². The number of methoxy groups -OCH3 is 1. The summed E-state index contributed by atoms with van der Waals surface area (Å²) in [5, 5.41) is 4.21. The molecule has 1 atom stereocenters. The number of ether oxygens (including phenoxy) is 1. The molecule has 1 aromatic heterocycles. The summed E-state index contributed by atoms with van der Waals surface area (Å²) in [5.74, 6) is 4.63. The molecular weight excluding hydrogens is 378 g/mol. The molecule has 0 spiro atoms. The number of amides is 1. The number of hydrogen-bond acceptors (Lipinski definition) is 5. The molecule has 5 fully saturated rings. The molecule has 0 N–H and O–H groups in total. The fourth-order valence-electron chi connectivity index (χ4n) is 7.17. The van der Waals surface area contributed by atoms with Crippen molar-refractivity contribution in [2.45, 2.75) is 57.4 Å². The fourth-order valence-corrected chi connectivity index (χ4v) is 7.17. The van der Waals surface area contributed by atoms with Crippen LogP contribution in [0.2, 0.25) is 0 Å². The van der Waals surface area contributed by atoms with Gasteiger partial charge in [0, 0.05) is 12.1 Å². The monoisotopic (exact) mass is 407 g/mol. The van der Waals surface area contributed by atoms with E-state index in [4.69, 9.17) is 9.26 Å². The van der Waals surface area contributed by atoms with Crippen LogP contribution in [0.1, 0.15) is 63.3 Å². The highest BCUT2D eigenvalue weighted by Gasteiger charge is 2.56. The van der Waals surface area contributed by atoms with Crippen molar-refractivity contribution in [2.75, 3.05) is 13.7 Å². The van der Waals surface area contributed by atoms with Crippen LogP contribution in [0.5, 0.6) is 5.75 Å². The van der Waals surface area contributed by atoms with Crippen LogP contribution in [-0.4, -0.2) is 34.6 Å². The van der Waals surface area contributed by atoms with Crippen molar-refractivity contribution in [3.63, 3.8) is 0 Å². The number of benzene rings is 1. The van der Waals surface area contributed by atoms with Crippen LogP contribution in [0.15, 0.2) is 28.8 Å². The van der Waals surface area contributed by atoms with Gasteiger partial charge in [0.2, 0.25) is 17.6 Å². The predicted octanol–water partition coefficient (Wildman–Crippen LogP) is 4.63. The van der Waals surface area contributed by atoms with Crippen molar-refractivity contribution in [3.05, 3.63) is 30.2 Å². The lowest BCUT2D eigenvalue weighted by atomic mass is 9.49. The second kappa shape index (κ2) is 6.82. The first-order chi connectivity index (χ1) is 14.6. The van der Waals surface area contributed by atoms with Gasteiger partial charge in [0.05, 0.1) is 12.5 Å². The highest BCUT2D eigenvalue weighted by molar-refractivity contribution is 5.84. The molecule has 30 heavy (non-hydrogen) atoms. The molecule has 1 amide bonds. The molecule has 1 saturated heterocycles. The minimum absolute atomic E-state index is 0.0787. The number of nitrogens with zero attached hydrogens (tertiary/aromatic N) is 3. The number of hydrogen-bond donors (Lipinski definition) is 0.